The maximum atomic E-state index is 9.06. The second-order valence-corrected chi connectivity index (χ2v) is 1.02. The summed E-state index contributed by atoms with van der Waals surface area (Å²) < 4.78 is 4.03. The predicted octanol–water partition coefficient (Wildman–Crippen LogP) is -0.0743. The highest BCUT2D eigenvalue weighted by atomic mass is 16.5. The molecule has 0 spiro atoms. The molecule has 0 bridgehead atoms. The highest BCUT2D eigenvalue weighted by Gasteiger charge is 1.64. The first-order valence-electron chi connectivity index (χ1n) is 2.40. The number of nitrogens with one attached hydrogen (secondary N) is 1. The number of carbonyl (C=O) groups excluding carboxylic acids is 1. The average molecular weight is 118 g/mol. The van der Waals surface area contributed by atoms with Crippen molar-refractivity contribution in [2.24, 2.45) is 0 Å². The van der Waals surface area contributed by atoms with E-state index in [1.165, 1.54) is 6.47 Å². The van der Waals surface area contributed by atoms with Crippen molar-refractivity contribution < 1.29 is 9.53 Å². The Morgan fingerprint density at radius 3 is 2.00 bits per heavy atom. The van der Waals surface area contributed by atoms with Crippen molar-refractivity contribution in [1.82, 2.24) is 5.32 Å². The van der Waals surface area contributed by atoms with Gasteiger partial charge in [-0.1, -0.05) is 0 Å². The lowest BCUT2D eigenvalue weighted by Gasteiger charge is -1.77. The van der Waals surface area contributed by atoms with Crippen LogP contribution in [0.4, 0.5) is 0 Å². The third-order valence-corrected chi connectivity index (χ3v) is 0.203. The number of ether oxygens (including phenoxy) is 1. The largest absolute Gasteiger partial charge is 0.458 e. The molecule has 1 N–H and O–H groups in total. The van der Waals surface area contributed by atoms with Crippen LogP contribution in [0.5, 0.6) is 0 Å². The van der Waals surface area contributed by atoms with Crippen LogP contribution in [0, 0.1) is 0 Å². The van der Waals surface area contributed by atoms with E-state index in [0.717, 1.165) is 0 Å². The van der Waals surface area contributed by atoms with E-state index >= 15 is 0 Å². The summed E-state index contributed by atoms with van der Waals surface area (Å²) >= 11 is 0. The summed E-state index contributed by atoms with van der Waals surface area (Å²) in [5.41, 5.74) is 0. The lowest BCUT2D eigenvalue weighted by Crippen LogP contribution is -1.89. The molecule has 0 unspecified atom stereocenters. The molecule has 0 saturated carbocycles. The molecular weight excluding hydrogens is 106 g/mol. The molecule has 0 aliphatic rings. The summed E-state index contributed by atoms with van der Waals surface area (Å²) in [6, 6.07) is 0. The molecule has 8 heavy (non-hydrogen) atoms. The van der Waals surface area contributed by atoms with E-state index in [9.17, 15) is 0 Å². The van der Waals surface area contributed by atoms with Gasteiger partial charge in [0.15, 0.2) is 0 Å². The molecule has 0 atom stereocenters. The van der Waals surface area contributed by atoms with Gasteiger partial charge in [0.2, 0.25) is 0 Å². The minimum atomic E-state index is 0.420. The topological polar surface area (TPSA) is 38.3 Å². The van der Waals surface area contributed by atoms with Gasteiger partial charge in [0.25, 0.3) is 0 Å². The van der Waals surface area contributed by atoms with E-state index in [0.29, 0.717) is 6.61 Å². The van der Waals surface area contributed by atoms with Crippen molar-refractivity contribution in [2.45, 2.75) is 6.92 Å². The van der Waals surface area contributed by atoms with Crippen molar-refractivity contribution in [3.05, 3.63) is 0 Å². The van der Waals surface area contributed by atoms with Gasteiger partial charge < -0.3 is 10.1 Å². The number of hydrogen-bond acceptors (Lipinski definition) is 3. The van der Waals surface area contributed by atoms with E-state index in [1.54, 1.807) is 6.92 Å². The summed E-state index contributed by atoms with van der Waals surface area (Å²) in [4.78, 5) is 9.06. The van der Waals surface area contributed by atoms with Crippen molar-refractivity contribution >= 4 is 6.47 Å². The van der Waals surface area contributed by atoms with Gasteiger partial charge in [-0.05, 0) is 21.0 Å². The van der Waals surface area contributed by atoms with Gasteiger partial charge in [-0.25, -0.2) is 4.79 Å². The monoisotopic (exact) mass is 118 g/mol. The summed E-state index contributed by atoms with van der Waals surface area (Å²) in [5.74, 6) is 0. The van der Waals surface area contributed by atoms with Gasteiger partial charge in [-0.3, -0.25) is 0 Å². The zero-order valence-electron chi connectivity index (χ0n) is 5.52. The number of rotatable bonds is 2. The van der Waals surface area contributed by atoms with Crippen LogP contribution in [0.15, 0.2) is 0 Å². The van der Waals surface area contributed by atoms with Crippen LogP contribution < -0.4 is 5.32 Å². The Morgan fingerprint density at radius 1 is 1.62 bits per heavy atom. The van der Waals surface area contributed by atoms with E-state index in [4.69, 9.17) is 4.79 Å². The molecule has 0 amide bonds. The van der Waals surface area contributed by atoms with Crippen LogP contribution in [0.1, 0.15) is 6.92 Å². The Balaban J connectivity index is 0. The Kier molecular flexibility index (Phi) is 21.0. The van der Waals surface area contributed by atoms with E-state index in [-0.39, 0.29) is 0 Å². The van der Waals surface area contributed by atoms with Gasteiger partial charge in [-0.15, -0.1) is 0 Å². The fraction of sp³-hybridized carbons (Fsp3) is 0.800. The zero-order chi connectivity index (χ0) is 6.83. The molecule has 0 aromatic heterocycles. The first-order valence-corrected chi connectivity index (χ1v) is 2.40. The molecule has 0 saturated heterocycles. The Morgan fingerprint density at radius 2 is 2.00 bits per heavy atom. The van der Waals surface area contributed by atoms with Crippen molar-refractivity contribution in [2.75, 3.05) is 20.7 Å². The minimum Gasteiger partial charge on any atom is -0.458 e. The zero-order valence-corrected chi connectivity index (χ0v) is 5.52. The second kappa shape index (κ2) is 16.1. The first kappa shape index (κ1) is 10.4. The maximum Gasteiger partial charge on any atom is 0.417 e. The number of hydrogen-bond donors (Lipinski definition) is 1. The van der Waals surface area contributed by atoms with Crippen LogP contribution in [-0.4, -0.2) is 27.2 Å². The lowest BCUT2D eigenvalue weighted by atomic mass is 10.9. The van der Waals surface area contributed by atoms with Gasteiger partial charge in [0.05, 0.1) is 6.61 Å². The fourth-order valence-corrected chi connectivity index (χ4v) is 0.0589. The summed E-state index contributed by atoms with van der Waals surface area (Å²) in [5, 5.41) is 2.75. The average Bonchev–Trinajstić information content (AvgIpc) is 1.71. The van der Waals surface area contributed by atoms with Crippen molar-refractivity contribution in [3.63, 3.8) is 0 Å². The molecule has 1 radical (unpaired) electrons. The molecule has 3 heteroatoms. The van der Waals surface area contributed by atoms with E-state index in [2.05, 4.69) is 10.1 Å². The molecule has 49 valence electrons. The van der Waals surface area contributed by atoms with Crippen LogP contribution in [0.25, 0.3) is 0 Å². The maximum absolute atomic E-state index is 9.06. The predicted molar refractivity (Wildman–Crippen MR) is 32.3 cm³/mol. The first-order chi connectivity index (χ1) is 3.83. The van der Waals surface area contributed by atoms with Crippen LogP contribution >= 0.6 is 0 Å². The quantitative estimate of drug-likeness (QED) is 0.551. The van der Waals surface area contributed by atoms with E-state index in [1.807, 2.05) is 14.1 Å². The second-order valence-electron chi connectivity index (χ2n) is 1.02. The highest BCUT2D eigenvalue weighted by molar-refractivity contribution is 5.37. The summed E-state index contributed by atoms with van der Waals surface area (Å²) in [7, 11) is 3.75. The fourth-order valence-electron chi connectivity index (χ4n) is 0.0589. The van der Waals surface area contributed by atoms with Crippen LogP contribution in [0.3, 0.4) is 0 Å². The molecule has 0 heterocycles. The standard InChI is InChI=1S/C3H5O2.C2H7N/c1-2-5-3-4;1-3-2/h2H2,1H3;3H,1-2H3. The van der Waals surface area contributed by atoms with Crippen molar-refractivity contribution in [1.29, 1.82) is 0 Å². The molecule has 0 aromatic carbocycles. The molecule has 0 rings (SSSR count). The SMILES string of the molecule is CCO[C]=O.CNC. The minimum absolute atomic E-state index is 0.420. The molecule has 0 aliphatic heterocycles. The summed E-state index contributed by atoms with van der Waals surface area (Å²) in [6.07, 6.45) is 0. The third kappa shape index (κ3) is 52.1. The van der Waals surface area contributed by atoms with Gasteiger partial charge in [-0.2, -0.15) is 0 Å². The normalized spacial score (nSPS) is 6.38. The third-order valence-electron chi connectivity index (χ3n) is 0.203. The van der Waals surface area contributed by atoms with Gasteiger partial charge >= 0.3 is 6.47 Å². The molecular formula is C5H12NO2. The Bertz CT molecular complexity index is 39.4. The van der Waals surface area contributed by atoms with Crippen LogP contribution in [-0.2, 0) is 9.53 Å². The molecule has 0 fully saturated rings. The highest BCUT2D eigenvalue weighted by Crippen LogP contribution is 1.55. The Hall–Kier alpha value is -0.570. The van der Waals surface area contributed by atoms with E-state index < -0.39 is 0 Å². The smallest absolute Gasteiger partial charge is 0.417 e. The van der Waals surface area contributed by atoms with Gasteiger partial charge in [0, 0.05) is 0 Å². The molecule has 3 nitrogen and oxygen atoms in total. The van der Waals surface area contributed by atoms with Crippen molar-refractivity contribution in [3.8, 4) is 0 Å². The van der Waals surface area contributed by atoms with Gasteiger partial charge in [0.1, 0.15) is 0 Å². The molecule has 0 aromatic rings. The molecule has 0 aliphatic carbocycles. The van der Waals surface area contributed by atoms with Crippen LogP contribution in [0.2, 0.25) is 0 Å². The Labute approximate surface area is 50.0 Å². The summed E-state index contributed by atoms with van der Waals surface area (Å²) in [6.45, 7) is 3.41. The lowest BCUT2D eigenvalue weighted by molar-refractivity contribution is 0.296.